The number of para-hydroxylation sites is 1. The summed E-state index contributed by atoms with van der Waals surface area (Å²) in [6.45, 7) is 0. The van der Waals surface area contributed by atoms with Crippen molar-refractivity contribution in [2.24, 2.45) is 0 Å². The van der Waals surface area contributed by atoms with Crippen molar-refractivity contribution in [2.45, 2.75) is 11.3 Å². The normalized spacial score (nSPS) is 11.6. The van der Waals surface area contributed by atoms with Crippen LogP contribution in [0.15, 0.2) is 94.9 Å². The topological polar surface area (TPSA) is 56.9 Å². The van der Waals surface area contributed by atoms with Crippen LogP contribution in [0, 0.1) is 3.95 Å². The molecule has 0 fully saturated rings. The lowest BCUT2D eigenvalue weighted by Crippen LogP contribution is -2.22. The van der Waals surface area contributed by atoms with Gasteiger partial charge in [0, 0.05) is 11.3 Å². The second kappa shape index (κ2) is 10.1. The SMILES string of the molecule is O=C(CSc1nc2c(sc(=S)n2-c2cccc(C(F)(F)F)c2)c(=O)n1-c1ccccc1)c1ccccc1. The molecule has 0 saturated heterocycles. The predicted molar refractivity (Wildman–Crippen MR) is 142 cm³/mol. The second-order valence-electron chi connectivity index (χ2n) is 7.85. The Balaban J connectivity index is 1.68. The summed E-state index contributed by atoms with van der Waals surface area (Å²) in [6, 6.07) is 22.2. The number of ketones is 1. The molecule has 0 aliphatic heterocycles. The minimum Gasteiger partial charge on any atom is -0.293 e. The van der Waals surface area contributed by atoms with Crippen molar-refractivity contribution in [1.29, 1.82) is 0 Å². The first-order valence-corrected chi connectivity index (χ1v) is 13.1. The van der Waals surface area contributed by atoms with E-state index in [9.17, 15) is 22.8 Å². The number of thioether (sulfide) groups is 1. The number of alkyl halides is 3. The molecule has 37 heavy (non-hydrogen) atoms. The highest BCUT2D eigenvalue weighted by molar-refractivity contribution is 7.99. The molecule has 0 spiro atoms. The molecule has 2 heterocycles. The third-order valence-electron chi connectivity index (χ3n) is 5.45. The third kappa shape index (κ3) is 5.02. The molecular weight excluding hydrogens is 540 g/mol. The molecule has 0 unspecified atom stereocenters. The Bertz CT molecular complexity index is 1730. The fourth-order valence-electron chi connectivity index (χ4n) is 3.72. The molecule has 3 aromatic carbocycles. The maximum absolute atomic E-state index is 13.7. The van der Waals surface area contributed by atoms with Crippen molar-refractivity contribution in [3.05, 3.63) is 110 Å². The lowest BCUT2D eigenvalue weighted by atomic mass is 10.2. The average molecular weight is 556 g/mol. The van der Waals surface area contributed by atoms with Gasteiger partial charge >= 0.3 is 6.18 Å². The van der Waals surface area contributed by atoms with Crippen molar-refractivity contribution >= 4 is 51.4 Å². The highest BCUT2D eigenvalue weighted by Gasteiger charge is 2.31. The number of rotatable bonds is 6. The van der Waals surface area contributed by atoms with Gasteiger partial charge in [0.25, 0.3) is 5.56 Å². The molecule has 5 aromatic rings. The molecule has 0 atom stereocenters. The van der Waals surface area contributed by atoms with Gasteiger partial charge < -0.3 is 0 Å². The van der Waals surface area contributed by atoms with Gasteiger partial charge in [-0.25, -0.2) is 4.98 Å². The smallest absolute Gasteiger partial charge is 0.293 e. The lowest BCUT2D eigenvalue weighted by Gasteiger charge is -2.13. The molecule has 0 aliphatic carbocycles. The van der Waals surface area contributed by atoms with Crippen LogP contribution in [-0.4, -0.2) is 25.7 Å². The zero-order chi connectivity index (χ0) is 26.2. The number of halogens is 3. The number of hydrogen-bond acceptors (Lipinski definition) is 6. The Morgan fingerprint density at radius 2 is 1.57 bits per heavy atom. The van der Waals surface area contributed by atoms with Crippen LogP contribution in [0.4, 0.5) is 13.2 Å². The first-order valence-electron chi connectivity index (χ1n) is 10.9. The summed E-state index contributed by atoms with van der Waals surface area (Å²) >= 11 is 7.51. The van der Waals surface area contributed by atoms with Crippen molar-refractivity contribution in [2.75, 3.05) is 5.75 Å². The molecule has 186 valence electrons. The number of aromatic nitrogens is 3. The monoisotopic (exact) mass is 555 g/mol. The van der Waals surface area contributed by atoms with Gasteiger partial charge in [0.05, 0.1) is 17.0 Å². The first kappa shape index (κ1) is 25.1. The van der Waals surface area contributed by atoms with Crippen molar-refractivity contribution < 1.29 is 18.0 Å². The van der Waals surface area contributed by atoms with Crippen molar-refractivity contribution in [3.63, 3.8) is 0 Å². The maximum atomic E-state index is 13.7. The molecule has 0 bridgehead atoms. The van der Waals surface area contributed by atoms with Gasteiger partial charge in [-0.2, -0.15) is 13.2 Å². The quantitative estimate of drug-likeness (QED) is 0.0981. The van der Waals surface area contributed by atoms with Crippen LogP contribution in [0.3, 0.4) is 0 Å². The lowest BCUT2D eigenvalue weighted by molar-refractivity contribution is -0.137. The molecule has 5 nitrogen and oxygen atoms in total. The second-order valence-corrected chi connectivity index (χ2v) is 10.4. The number of carbonyl (C=O) groups is 1. The van der Waals surface area contributed by atoms with Crippen LogP contribution < -0.4 is 5.56 Å². The molecular formula is C26H16F3N3O2S3. The van der Waals surface area contributed by atoms with E-state index in [0.717, 1.165) is 35.2 Å². The number of hydrogen-bond donors (Lipinski definition) is 0. The Hall–Kier alpha value is -3.54. The van der Waals surface area contributed by atoms with E-state index in [-0.39, 0.29) is 36.7 Å². The summed E-state index contributed by atoms with van der Waals surface area (Å²) < 4.78 is 43.3. The Morgan fingerprint density at radius 1 is 0.919 bits per heavy atom. The third-order valence-corrected chi connectivity index (χ3v) is 7.74. The van der Waals surface area contributed by atoms with Gasteiger partial charge in [-0.3, -0.25) is 18.7 Å². The summed E-state index contributed by atoms with van der Waals surface area (Å²) in [5, 5.41) is 0.224. The van der Waals surface area contributed by atoms with Crippen LogP contribution in [0.2, 0.25) is 0 Å². The van der Waals surface area contributed by atoms with E-state index < -0.39 is 17.3 Å². The van der Waals surface area contributed by atoms with E-state index in [1.54, 1.807) is 54.6 Å². The molecule has 0 amide bonds. The van der Waals surface area contributed by atoms with Crippen LogP contribution >= 0.6 is 35.3 Å². The number of benzene rings is 3. The minimum atomic E-state index is -4.55. The molecule has 11 heteroatoms. The highest BCUT2D eigenvalue weighted by Crippen LogP contribution is 2.32. The van der Waals surface area contributed by atoms with Gasteiger partial charge in [-0.15, -0.1) is 0 Å². The summed E-state index contributed by atoms with van der Waals surface area (Å²) in [6.07, 6.45) is -4.55. The summed E-state index contributed by atoms with van der Waals surface area (Å²) in [5.41, 5.74) is 0.0844. The van der Waals surface area contributed by atoms with E-state index in [0.29, 0.717) is 11.3 Å². The van der Waals surface area contributed by atoms with E-state index >= 15 is 0 Å². The summed E-state index contributed by atoms with van der Waals surface area (Å²) in [4.78, 5) is 31.1. The Morgan fingerprint density at radius 3 is 2.24 bits per heavy atom. The fraction of sp³-hybridized carbons (Fsp3) is 0.0769. The van der Waals surface area contributed by atoms with E-state index in [1.807, 2.05) is 6.07 Å². The van der Waals surface area contributed by atoms with Gasteiger partial charge in [0.2, 0.25) is 0 Å². The van der Waals surface area contributed by atoms with Gasteiger partial charge in [0.1, 0.15) is 4.70 Å². The molecule has 0 saturated carbocycles. The predicted octanol–water partition coefficient (Wildman–Crippen LogP) is 6.96. The van der Waals surface area contributed by atoms with Crippen LogP contribution in [-0.2, 0) is 6.18 Å². The molecule has 0 aliphatic rings. The average Bonchev–Trinajstić information content (AvgIpc) is 3.24. The van der Waals surface area contributed by atoms with Crippen LogP contribution in [0.25, 0.3) is 21.7 Å². The first-order chi connectivity index (χ1) is 17.7. The molecule has 0 radical (unpaired) electrons. The van der Waals surface area contributed by atoms with E-state index in [1.165, 1.54) is 21.3 Å². The maximum Gasteiger partial charge on any atom is 0.416 e. The minimum absolute atomic E-state index is 0.00320. The number of carbonyl (C=O) groups excluding carboxylic acids is 1. The zero-order valence-corrected chi connectivity index (χ0v) is 21.3. The zero-order valence-electron chi connectivity index (χ0n) is 18.8. The molecule has 5 rings (SSSR count). The standard InChI is InChI=1S/C26H16F3N3O2S3/c27-26(28,29)17-10-7-13-19(14-17)31-22-21(37-25(31)35)23(34)32(18-11-5-2-6-12-18)24(30-22)36-15-20(33)16-8-3-1-4-9-16/h1-14H,15H2. The number of nitrogens with zero attached hydrogens (tertiary/aromatic N) is 3. The van der Waals surface area contributed by atoms with Gasteiger partial charge in [0.15, 0.2) is 20.5 Å². The Labute approximate surface area is 221 Å². The molecule has 0 N–H and O–H groups in total. The number of thiazole rings is 1. The van der Waals surface area contributed by atoms with Gasteiger partial charge in [-0.05, 0) is 42.5 Å². The van der Waals surface area contributed by atoms with Gasteiger partial charge in [-0.1, -0.05) is 77.7 Å². The van der Waals surface area contributed by atoms with Crippen molar-refractivity contribution in [1.82, 2.24) is 14.1 Å². The van der Waals surface area contributed by atoms with E-state index in [2.05, 4.69) is 4.98 Å². The number of fused-ring (bicyclic) bond motifs is 1. The fourth-order valence-corrected chi connectivity index (χ4v) is 5.93. The Kier molecular flexibility index (Phi) is 6.84. The van der Waals surface area contributed by atoms with Crippen LogP contribution in [0.5, 0.6) is 0 Å². The summed E-state index contributed by atoms with van der Waals surface area (Å²) in [7, 11) is 0. The summed E-state index contributed by atoms with van der Waals surface area (Å²) in [5.74, 6) is -0.150. The van der Waals surface area contributed by atoms with E-state index in [4.69, 9.17) is 12.2 Å². The molecule has 2 aromatic heterocycles. The number of Topliss-reactive ketones (excluding diaryl/α,β-unsaturated/α-hetero) is 1. The highest BCUT2D eigenvalue weighted by atomic mass is 32.2. The van der Waals surface area contributed by atoms with Crippen LogP contribution in [0.1, 0.15) is 15.9 Å². The largest absolute Gasteiger partial charge is 0.416 e. The van der Waals surface area contributed by atoms with Crippen molar-refractivity contribution in [3.8, 4) is 11.4 Å².